The van der Waals surface area contributed by atoms with E-state index in [4.69, 9.17) is 16.1 Å². The summed E-state index contributed by atoms with van der Waals surface area (Å²) < 4.78 is 0. The van der Waals surface area contributed by atoms with Gasteiger partial charge in [0.15, 0.2) is 0 Å². The van der Waals surface area contributed by atoms with E-state index >= 15 is 0 Å². The lowest BCUT2D eigenvalue weighted by Gasteiger charge is -2.17. The van der Waals surface area contributed by atoms with Gasteiger partial charge in [0.05, 0.1) is 24.3 Å². The highest BCUT2D eigenvalue weighted by Gasteiger charge is 2.29. The molecule has 1 aromatic heterocycles. The molecular formula is C9H12N4O2S. The molecule has 4 N–H and O–H groups in total. The zero-order valence-corrected chi connectivity index (χ0v) is 9.28. The van der Waals surface area contributed by atoms with Crippen LogP contribution in [-0.4, -0.2) is 33.3 Å². The summed E-state index contributed by atoms with van der Waals surface area (Å²) in [5.41, 5.74) is 5.81. The van der Waals surface area contributed by atoms with Crippen LogP contribution in [-0.2, 0) is 4.79 Å². The molecule has 0 radical (unpaired) electrons. The second-order valence-corrected chi connectivity index (χ2v) is 4.28. The summed E-state index contributed by atoms with van der Waals surface area (Å²) in [4.78, 5) is 17.8. The van der Waals surface area contributed by atoms with Gasteiger partial charge in [0, 0.05) is 17.6 Å². The number of nitrogens with two attached hydrogens (primary N) is 1. The number of hydrogen-bond acceptors (Lipinski definition) is 5. The Morgan fingerprint density at radius 2 is 2.56 bits per heavy atom. The van der Waals surface area contributed by atoms with Gasteiger partial charge in [-0.15, -0.1) is 11.8 Å². The van der Waals surface area contributed by atoms with E-state index in [0.717, 1.165) is 0 Å². The highest BCUT2D eigenvalue weighted by molar-refractivity contribution is 7.99. The molecule has 0 saturated carbocycles. The van der Waals surface area contributed by atoms with Crippen molar-refractivity contribution in [3.8, 4) is 6.07 Å². The van der Waals surface area contributed by atoms with Crippen LogP contribution in [0.4, 0.5) is 0 Å². The third kappa shape index (κ3) is 2.98. The highest BCUT2D eigenvalue weighted by atomic mass is 32.2. The maximum Gasteiger partial charge on any atom is 0.236 e. The summed E-state index contributed by atoms with van der Waals surface area (Å²) in [6, 6.07) is 1.87. The predicted molar refractivity (Wildman–Crippen MR) is 59.2 cm³/mol. The van der Waals surface area contributed by atoms with E-state index in [1.165, 1.54) is 18.1 Å². The average Bonchev–Trinajstić information content (AvgIpc) is 2.76. The maximum absolute atomic E-state index is 11.1. The minimum absolute atomic E-state index is 0.0216. The first kappa shape index (κ1) is 12.5. The summed E-state index contributed by atoms with van der Waals surface area (Å²) in [5.74, 6) is -1.18. The van der Waals surface area contributed by atoms with Gasteiger partial charge >= 0.3 is 0 Å². The minimum Gasteiger partial charge on any atom is -0.396 e. The van der Waals surface area contributed by atoms with Gasteiger partial charge in [-0.05, 0) is 0 Å². The average molecular weight is 240 g/mol. The molecule has 1 heterocycles. The summed E-state index contributed by atoms with van der Waals surface area (Å²) in [7, 11) is 0. The number of aromatic nitrogens is 2. The number of carbonyl (C=O) groups excluding carboxylic acids is 1. The van der Waals surface area contributed by atoms with Crippen LogP contribution >= 0.6 is 11.8 Å². The van der Waals surface area contributed by atoms with E-state index < -0.39 is 17.1 Å². The molecular weight excluding hydrogens is 228 g/mol. The number of imidazole rings is 1. The van der Waals surface area contributed by atoms with Gasteiger partial charge in [-0.3, -0.25) is 4.79 Å². The Morgan fingerprint density at radius 1 is 1.81 bits per heavy atom. The molecule has 1 amide bonds. The molecule has 1 aromatic rings. The lowest BCUT2D eigenvalue weighted by molar-refractivity contribution is -0.120. The van der Waals surface area contributed by atoms with Crippen molar-refractivity contribution in [3.63, 3.8) is 0 Å². The van der Waals surface area contributed by atoms with Crippen LogP contribution < -0.4 is 5.73 Å². The van der Waals surface area contributed by atoms with Crippen LogP contribution in [0.25, 0.3) is 0 Å². The van der Waals surface area contributed by atoms with Gasteiger partial charge < -0.3 is 15.8 Å². The molecule has 0 fully saturated rings. The monoisotopic (exact) mass is 240 g/mol. The second-order valence-electron chi connectivity index (χ2n) is 3.03. The number of amides is 1. The lowest BCUT2D eigenvalue weighted by atomic mass is 10.0. The largest absolute Gasteiger partial charge is 0.396 e. The first-order valence-electron chi connectivity index (χ1n) is 4.60. The molecule has 0 aliphatic rings. The Balaban J connectivity index is 2.87. The number of aliphatic hydroxyl groups is 1. The molecule has 0 aromatic carbocycles. The normalized spacial score (nSPS) is 14.0. The number of thioether (sulfide) groups is 1. The van der Waals surface area contributed by atoms with Crippen molar-refractivity contribution in [2.24, 2.45) is 11.7 Å². The van der Waals surface area contributed by atoms with Crippen molar-refractivity contribution in [1.29, 1.82) is 5.26 Å². The number of nitrogens with zero attached hydrogens (tertiary/aromatic N) is 2. The Hall–Kier alpha value is -1.52. The van der Waals surface area contributed by atoms with Gasteiger partial charge in [-0.2, -0.15) is 5.26 Å². The number of hydrogen-bond donors (Lipinski definition) is 3. The van der Waals surface area contributed by atoms with E-state index in [1.54, 1.807) is 6.20 Å². The number of aliphatic hydroxyl groups excluding tert-OH is 1. The Bertz CT molecular complexity index is 373. The van der Waals surface area contributed by atoms with E-state index in [2.05, 4.69) is 9.97 Å². The van der Waals surface area contributed by atoms with E-state index in [-0.39, 0.29) is 6.61 Å². The van der Waals surface area contributed by atoms with Gasteiger partial charge in [0.25, 0.3) is 0 Å². The van der Waals surface area contributed by atoms with Gasteiger partial charge in [-0.1, -0.05) is 0 Å². The van der Waals surface area contributed by atoms with Crippen LogP contribution in [0.15, 0.2) is 12.5 Å². The second kappa shape index (κ2) is 6.15. The van der Waals surface area contributed by atoms with E-state index in [0.29, 0.717) is 11.4 Å². The SMILES string of the molecule is N#CC(C(N)=O)C(SCCO)c1cnc[nH]1. The van der Waals surface area contributed by atoms with Crippen LogP contribution in [0, 0.1) is 17.2 Å². The smallest absolute Gasteiger partial charge is 0.236 e. The molecule has 0 aliphatic heterocycles. The fraction of sp³-hybridized carbons (Fsp3) is 0.444. The molecule has 7 heteroatoms. The number of aromatic amines is 1. The van der Waals surface area contributed by atoms with Crippen molar-refractivity contribution < 1.29 is 9.90 Å². The summed E-state index contributed by atoms with van der Waals surface area (Å²) >= 11 is 1.30. The maximum atomic E-state index is 11.1. The number of rotatable bonds is 6. The standard InChI is InChI=1S/C9H12N4O2S/c10-3-6(9(11)15)8(16-2-1-14)7-4-12-5-13-7/h4-6,8,14H,1-2H2,(H2,11,15)(H,12,13). The summed E-state index contributed by atoms with van der Waals surface area (Å²) in [5, 5.41) is 17.2. The fourth-order valence-corrected chi connectivity index (χ4v) is 2.30. The minimum atomic E-state index is -0.933. The van der Waals surface area contributed by atoms with Crippen molar-refractivity contribution in [3.05, 3.63) is 18.2 Å². The van der Waals surface area contributed by atoms with Crippen LogP contribution in [0.1, 0.15) is 10.9 Å². The topological polar surface area (TPSA) is 116 Å². The number of primary amides is 1. The molecule has 1 rings (SSSR count). The zero-order chi connectivity index (χ0) is 12.0. The van der Waals surface area contributed by atoms with Crippen molar-refractivity contribution in [2.45, 2.75) is 5.25 Å². The zero-order valence-electron chi connectivity index (χ0n) is 8.46. The van der Waals surface area contributed by atoms with Crippen LogP contribution in [0.2, 0.25) is 0 Å². The molecule has 0 aliphatic carbocycles. The fourth-order valence-electron chi connectivity index (χ4n) is 1.25. The molecule has 86 valence electrons. The Kier molecular flexibility index (Phi) is 4.82. The third-order valence-corrected chi connectivity index (χ3v) is 3.27. The molecule has 2 unspecified atom stereocenters. The van der Waals surface area contributed by atoms with Gasteiger partial charge in [0.2, 0.25) is 5.91 Å². The number of H-pyrrole nitrogens is 1. The first-order chi connectivity index (χ1) is 7.70. The number of nitriles is 1. The third-order valence-electron chi connectivity index (χ3n) is 1.96. The number of carbonyl (C=O) groups is 1. The molecule has 2 atom stereocenters. The lowest BCUT2D eigenvalue weighted by Crippen LogP contribution is -2.26. The first-order valence-corrected chi connectivity index (χ1v) is 5.65. The van der Waals surface area contributed by atoms with Gasteiger partial charge in [0.1, 0.15) is 5.92 Å². The molecule has 0 saturated heterocycles. The summed E-state index contributed by atoms with van der Waals surface area (Å²) in [6.07, 6.45) is 3.01. The quantitative estimate of drug-likeness (QED) is 0.637. The highest BCUT2D eigenvalue weighted by Crippen LogP contribution is 2.34. The van der Waals surface area contributed by atoms with Crippen molar-refractivity contribution >= 4 is 17.7 Å². The summed E-state index contributed by atoms with van der Waals surface area (Å²) in [6.45, 7) is -0.0216. The Morgan fingerprint density at radius 3 is 3.00 bits per heavy atom. The van der Waals surface area contributed by atoms with Crippen molar-refractivity contribution in [1.82, 2.24) is 9.97 Å². The Labute approximate surface area is 96.9 Å². The molecule has 0 bridgehead atoms. The van der Waals surface area contributed by atoms with E-state index in [9.17, 15) is 4.79 Å². The van der Waals surface area contributed by atoms with E-state index in [1.807, 2.05) is 6.07 Å². The van der Waals surface area contributed by atoms with Crippen LogP contribution in [0.5, 0.6) is 0 Å². The predicted octanol–water partition coefficient (Wildman–Crippen LogP) is -0.199. The molecule has 6 nitrogen and oxygen atoms in total. The molecule has 16 heavy (non-hydrogen) atoms. The van der Waals surface area contributed by atoms with Crippen molar-refractivity contribution in [2.75, 3.05) is 12.4 Å². The number of nitrogens with one attached hydrogen (secondary N) is 1. The van der Waals surface area contributed by atoms with Crippen LogP contribution in [0.3, 0.4) is 0 Å². The molecule has 0 spiro atoms. The van der Waals surface area contributed by atoms with Gasteiger partial charge in [-0.25, -0.2) is 4.98 Å².